The van der Waals surface area contributed by atoms with Gasteiger partial charge in [0, 0.05) is 24.2 Å². The zero-order valence-electron chi connectivity index (χ0n) is 12.8. The summed E-state index contributed by atoms with van der Waals surface area (Å²) in [6, 6.07) is 2.15. The molecule has 19 heavy (non-hydrogen) atoms. The minimum absolute atomic E-state index is 0.0310. The third kappa shape index (κ3) is 3.48. The van der Waals surface area contributed by atoms with Crippen LogP contribution in [-0.2, 0) is 4.79 Å². The van der Waals surface area contributed by atoms with Crippen molar-refractivity contribution in [3.8, 4) is 0 Å². The summed E-state index contributed by atoms with van der Waals surface area (Å²) in [4.78, 5) is 14.5. The molecule has 2 rings (SSSR count). The Labute approximate surface area is 117 Å². The molecule has 2 heterocycles. The summed E-state index contributed by atoms with van der Waals surface area (Å²) in [5, 5.41) is 6.75. The van der Waals surface area contributed by atoms with Gasteiger partial charge in [-0.1, -0.05) is 6.92 Å². The van der Waals surface area contributed by atoms with Crippen molar-refractivity contribution in [2.24, 2.45) is 0 Å². The lowest BCUT2D eigenvalue weighted by Gasteiger charge is -2.38. The van der Waals surface area contributed by atoms with Gasteiger partial charge in [-0.25, -0.2) is 0 Å². The van der Waals surface area contributed by atoms with E-state index in [2.05, 4.69) is 36.4 Å². The third-order valence-electron chi connectivity index (χ3n) is 5.02. The molecule has 2 aliphatic heterocycles. The van der Waals surface area contributed by atoms with Crippen LogP contribution in [0.5, 0.6) is 0 Å². The summed E-state index contributed by atoms with van der Waals surface area (Å²) in [5.41, 5.74) is 0. The van der Waals surface area contributed by atoms with Gasteiger partial charge in [0.05, 0.1) is 6.04 Å². The Kier molecular flexibility index (Phi) is 4.85. The first-order valence-corrected chi connectivity index (χ1v) is 7.79. The second-order valence-corrected chi connectivity index (χ2v) is 6.42. The quantitative estimate of drug-likeness (QED) is 0.793. The summed E-state index contributed by atoms with van der Waals surface area (Å²) >= 11 is 0. The normalized spacial score (nSPS) is 33.2. The Bertz CT molecular complexity index is 309. The van der Waals surface area contributed by atoms with Gasteiger partial charge >= 0.3 is 0 Å². The van der Waals surface area contributed by atoms with Crippen molar-refractivity contribution >= 4 is 5.91 Å². The third-order valence-corrected chi connectivity index (χ3v) is 5.02. The minimum atomic E-state index is -0.0310. The number of piperidine rings is 1. The fourth-order valence-corrected chi connectivity index (χ4v) is 3.33. The predicted octanol–water partition coefficient (Wildman–Crippen LogP) is 1.50. The Balaban J connectivity index is 1.88. The zero-order valence-corrected chi connectivity index (χ0v) is 12.8. The lowest BCUT2D eigenvalue weighted by atomic mass is 9.97. The molecule has 2 aliphatic rings. The highest BCUT2D eigenvalue weighted by atomic mass is 16.2. The maximum Gasteiger partial charge on any atom is 0.237 e. The SMILES string of the molecule is CCC(C)NC(=O)C(C)N(C)C1CC2CCC(C1)N2. The van der Waals surface area contributed by atoms with Crippen LogP contribution < -0.4 is 10.6 Å². The number of nitrogens with one attached hydrogen (secondary N) is 2. The van der Waals surface area contributed by atoms with Crippen LogP contribution in [0.25, 0.3) is 0 Å². The van der Waals surface area contributed by atoms with Gasteiger partial charge in [0.25, 0.3) is 0 Å². The van der Waals surface area contributed by atoms with Gasteiger partial charge < -0.3 is 10.6 Å². The van der Waals surface area contributed by atoms with E-state index in [1.54, 1.807) is 0 Å². The lowest BCUT2D eigenvalue weighted by molar-refractivity contribution is -0.127. The van der Waals surface area contributed by atoms with Crippen molar-refractivity contribution in [2.75, 3.05) is 7.05 Å². The average molecular weight is 267 g/mol. The first-order chi connectivity index (χ1) is 9.01. The predicted molar refractivity (Wildman–Crippen MR) is 78.1 cm³/mol. The minimum Gasteiger partial charge on any atom is -0.352 e. The Morgan fingerprint density at radius 2 is 1.89 bits per heavy atom. The van der Waals surface area contributed by atoms with Crippen LogP contribution in [0.4, 0.5) is 0 Å². The average Bonchev–Trinajstić information content (AvgIpc) is 2.75. The Morgan fingerprint density at radius 1 is 1.32 bits per heavy atom. The summed E-state index contributed by atoms with van der Waals surface area (Å²) in [6.07, 6.45) is 5.98. The molecule has 4 unspecified atom stereocenters. The smallest absolute Gasteiger partial charge is 0.237 e. The number of carbonyl (C=O) groups is 1. The van der Waals surface area contributed by atoms with Crippen LogP contribution in [0.3, 0.4) is 0 Å². The molecule has 4 nitrogen and oxygen atoms in total. The second kappa shape index (κ2) is 6.23. The maximum atomic E-state index is 12.2. The van der Waals surface area contributed by atoms with Gasteiger partial charge in [0.15, 0.2) is 0 Å². The summed E-state index contributed by atoms with van der Waals surface area (Å²) in [5.74, 6) is 0.169. The first-order valence-electron chi connectivity index (χ1n) is 7.79. The highest BCUT2D eigenvalue weighted by molar-refractivity contribution is 5.81. The molecule has 0 aromatic rings. The molecule has 4 heteroatoms. The molecule has 2 bridgehead atoms. The van der Waals surface area contributed by atoms with Gasteiger partial charge in [0.2, 0.25) is 5.91 Å². The van der Waals surface area contributed by atoms with Crippen molar-refractivity contribution in [3.05, 3.63) is 0 Å². The second-order valence-electron chi connectivity index (χ2n) is 6.42. The van der Waals surface area contributed by atoms with Crippen LogP contribution in [0.1, 0.15) is 52.9 Å². The van der Waals surface area contributed by atoms with Crippen LogP contribution >= 0.6 is 0 Å². The lowest BCUT2D eigenvalue weighted by Crippen LogP contribution is -2.54. The number of hydrogen-bond donors (Lipinski definition) is 2. The number of fused-ring (bicyclic) bond motifs is 2. The van der Waals surface area contributed by atoms with Crippen molar-refractivity contribution in [1.82, 2.24) is 15.5 Å². The van der Waals surface area contributed by atoms with E-state index in [1.807, 2.05) is 6.92 Å². The van der Waals surface area contributed by atoms with Gasteiger partial charge in [0.1, 0.15) is 0 Å². The fraction of sp³-hybridized carbons (Fsp3) is 0.933. The van der Waals surface area contributed by atoms with Gasteiger partial charge in [-0.3, -0.25) is 9.69 Å². The Morgan fingerprint density at radius 3 is 2.42 bits per heavy atom. The van der Waals surface area contributed by atoms with Gasteiger partial charge in [-0.2, -0.15) is 0 Å². The number of amides is 1. The van der Waals surface area contributed by atoms with E-state index in [0.717, 1.165) is 6.42 Å². The van der Waals surface area contributed by atoms with Crippen LogP contribution in [0, 0.1) is 0 Å². The molecule has 4 atom stereocenters. The number of hydrogen-bond acceptors (Lipinski definition) is 3. The molecule has 0 aliphatic carbocycles. The van der Waals surface area contributed by atoms with Crippen molar-refractivity contribution in [2.45, 2.75) is 83.1 Å². The number of nitrogens with zero attached hydrogens (tertiary/aromatic N) is 1. The van der Waals surface area contributed by atoms with E-state index in [4.69, 9.17) is 0 Å². The van der Waals surface area contributed by atoms with Gasteiger partial charge in [-0.15, -0.1) is 0 Å². The molecule has 110 valence electrons. The molecule has 0 spiro atoms. The van der Waals surface area contributed by atoms with Gasteiger partial charge in [-0.05, 0) is 53.0 Å². The zero-order chi connectivity index (χ0) is 14.0. The van der Waals surface area contributed by atoms with Crippen molar-refractivity contribution < 1.29 is 4.79 Å². The van der Waals surface area contributed by atoms with E-state index >= 15 is 0 Å². The Hall–Kier alpha value is -0.610. The standard InChI is InChI=1S/C15H29N3O/c1-5-10(2)16-15(19)11(3)18(4)14-8-12-6-7-13(9-14)17-12/h10-14,17H,5-9H2,1-4H3,(H,16,19). The molecule has 0 radical (unpaired) electrons. The highest BCUT2D eigenvalue weighted by Gasteiger charge is 2.37. The largest absolute Gasteiger partial charge is 0.352 e. The molecule has 2 saturated heterocycles. The number of likely N-dealkylation sites (N-methyl/N-ethyl adjacent to an activating group) is 1. The van der Waals surface area contributed by atoms with E-state index in [-0.39, 0.29) is 18.0 Å². The molecule has 0 aromatic heterocycles. The van der Waals surface area contributed by atoms with Crippen LogP contribution in [0.15, 0.2) is 0 Å². The van der Waals surface area contributed by atoms with Crippen LogP contribution in [0.2, 0.25) is 0 Å². The van der Waals surface area contributed by atoms with Crippen LogP contribution in [-0.4, -0.2) is 48.1 Å². The van der Waals surface area contributed by atoms with E-state index in [9.17, 15) is 4.79 Å². The van der Waals surface area contributed by atoms with Crippen molar-refractivity contribution in [3.63, 3.8) is 0 Å². The monoisotopic (exact) mass is 267 g/mol. The van der Waals surface area contributed by atoms with E-state index in [0.29, 0.717) is 18.1 Å². The number of carbonyl (C=O) groups excluding carboxylic acids is 1. The highest BCUT2D eigenvalue weighted by Crippen LogP contribution is 2.29. The fourth-order valence-electron chi connectivity index (χ4n) is 3.33. The molecule has 2 N–H and O–H groups in total. The summed E-state index contributed by atoms with van der Waals surface area (Å²) in [6.45, 7) is 6.20. The molecular weight excluding hydrogens is 238 g/mol. The topological polar surface area (TPSA) is 44.4 Å². The molecule has 0 aromatic carbocycles. The molecule has 1 amide bonds. The van der Waals surface area contributed by atoms with Crippen molar-refractivity contribution in [1.29, 1.82) is 0 Å². The maximum absolute atomic E-state index is 12.2. The summed E-state index contributed by atoms with van der Waals surface area (Å²) in [7, 11) is 2.11. The van der Waals surface area contributed by atoms with E-state index in [1.165, 1.54) is 25.7 Å². The molecule has 0 saturated carbocycles. The summed E-state index contributed by atoms with van der Waals surface area (Å²) < 4.78 is 0. The number of rotatable bonds is 5. The first kappa shape index (κ1) is 14.8. The van der Waals surface area contributed by atoms with E-state index < -0.39 is 0 Å². The molecular formula is C15H29N3O. The molecule has 2 fully saturated rings.